The molecule has 0 spiro atoms. The normalized spacial score (nSPS) is 14.9. The molecule has 2 aromatic rings. The van der Waals surface area contributed by atoms with Crippen molar-refractivity contribution in [3.8, 4) is 5.75 Å². The Hall–Kier alpha value is -2.38. The van der Waals surface area contributed by atoms with Gasteiger partial charge in [0.05, 0.1) is 5.69 Å². The molecule has 1 N–H and O–H groups in total. The molecule has 144 valence electrons. The van der Waals surface area contributed by atoms with Crippen LogP contribution in [0.25, 0.3) is 0 Å². The smallest absolute Gasteiger partial charge is 0.262 e. The van der Waals surface area contributed by atoms with Crippen molar-refractivity contribution in [3.63, 3.8) is 0 Å². The van der Waals surface area contributed by atoms with Gasteiger partial charge in [-0.05, 0) is 49.9 Å². The molecule has 0 saturated carbocycles. The molecule has 1 amide bonds. The fourth-order valence-electron chi connectivity index (χ4n) is 3.21. The quantitative estimate of drug-likeness (QED) is 0.825. The molecule has 0 atom stereocenters. The minimum atomic E-state index is -3.62. The van der Waals surface area contributed by atoms with Crippen LogP contribution in [0.1, 0.15) is 24.0 Å². The van der Waals surface area contributed by atoms with E-state index in [2.05, 4.69) is 5.32 Å². The highest BCUT2D eigenvalue weighted by atomic mass is 32.2. The predicted octanol–water partition coefficient (Wildman–Crippen LogP) is 3.11. The number of amides is 1. The van der Waals surface area contributed by atoms with Crippen LogP contribution in [-0.4, -0.2) is 38.3 Å². The van der Waals surface area contributed by atoms with E-state index in [0.29, 0.717) is 18.8 Å². The maximum atomic E-state index is 12.8. The molecule has 0 bridgehead atoms. The Kier molecular flexibility index (Phi) is 5.82. The number of para-hydroxylation sites is 2. The zero-order chi connectivity index (χ0) is 19.4. The number of nitrogens with one attached hydrogen (secondary N) is 1. The lowest BCUT2D eigenvalue weighted by atomic mass is 10.1. The van der Waals surface area contributed by atoms with Gasteiger partial charge in [0.2, 0.25) is 10.0 Å². The lowest BCUT2D eigenvalue weighted by molar-refractivity contribution is -0.118. The number of benzene rings is 2. The van der Waals surface area contributed by atoms with Gasteiger partial charge in [-0.15, -0.1) is 0 Å². The van der Waals surface area contributed by atoms with Crippen molar-refractivity contribution in [2.24, 2.45) is 0 Å². The lowest BCUT2D eigenvalue weighted by Gasteiger charge is -2.18. The van der Waals surface area contributed by atoms with E-state index in [9.17, 15) is 13.2 Å². The number of hydrogen-bond acceptors (Lipinski definition) is 4. The van der Waals surface area contributed by atoms with Gasteiger partial charge in [-0.2, -0.15) is 4.31 Å². The lowest BCUT2D eigenvalue weighted by Crippen LogP contribution is -2.29. The second-order valence-electron chi connectivity index (χ2n) is 6.67. The highest BCUT2D eigenvalue weighted by Gasteiger charge is 2.29. The van der Waals surface area contributed by atoms with Crippen LogP contribution in [0.4, 0.5) is 5.69 Å². The Balaban J connectivity index is 1.73. The average molecular weight is 388 g/mol. The summed E-state index contributed by atoms with van der Waals surface area (Å²) in [5.41, 5.74) is 2.17. The van der Waals surface area contributed by atoms with E-state index in [1.165, 1.54) is 10.4 Å². The van der Waals surface area contributed by atoms with E-state index in [-0.39, 0.29) is 17.2 Å². The van der Waals surface area contributed by atoms with Crippen molar-refractivity contribution in [3.05, 3.63) is 53.6 Å². The molecule has 1 aliphatic rings. The molecule has 1 heterocycles. The minimum Gasteiger partial charge on any atom is -0.483 e. The minimum absolute atomic E-state index is 0.118. The summed E-state index contributed by atoms with van der Waals surface area (Å²) in [6.45, 7) is 4.67. The molecule has 7 heteroatoms. The monoisotopic (exact) mass is 388 g/mol. The Bertz CT molecular complexity index is 914. The number of rotatable bonds is 6. The maximum absolute atomic E-state index is 12.8. The van der Waals surface area contributed by atoms with E-state index < -0.39 is 15.9 Å². The molecule has 0 unspecified atom stereocenters. The molecule has 1 aliphatic heterocycles. The Labute approximate surface area is 160 Å². The molecule has 0 aromatic heterocycles. The summed E-state index contributed by atoms with van der Waals surface area (Å²) in [5.74, 6) is 0.271. The number of ether oxygens (including phenoxy) is 1. The third kappa shape index (κ3) is 4.31. The molecule has 6 nitrogen and oxygen atoms in total. The number of carbonyl (C=O) groups excluding carboxylic acids is 1. The van der Waals surface area contributed by atoms with E-state index in [0.717, 1.165) is 24.0 Å². The Morgan fingerprint density at radius 3 is 2.33 bits per heavy atom. The summed E-state index contributed by atoms with van der Waals surface area (Å²) in [4.78, 5) is 12.5. The highest BCUT2D eigenvalue weighted by Crippen LogP contribution is 2.27. The van der Waals surface area contributed by atoms with Crippen molar-refractivity contribution < 1.29 is 17.9 Å². The summed E-state index contributed by atoms with van der Waals surface area (Å²) in [5, 5.41) is 2.68. The molecule has 3 rings (SSSR count). The van der Waals surface area contributed by atoms with Crippen LogP contribution in [0.3, 0.4) is 0 Å². The third-order valence-corrected chi connectivity index (χ3v) is 6.56. The summed E-state index contributed by atoms with van der Waals surface area (Å²) < 4.78 is 32.8. The fraction of sp³-hybridized carbons (Fsp3) is 0.350. The third-order valence-electron chi connectivity index (χ3n) is 4.60. The van der Waals surface area contributed by atoms with Gasteiger partial charge >= 0.3 is 0 Å². The predicted molar refractivity (Wildman–Crippen MR) is 104 cm³/mol. The first-order chi connectivity index (χ1) is 12.9. The van der Waals surface area contributed by atoms with Gasteiger partial charge in [-0.25, -0.2) is 8.42 Å². The van der Waals surface area contributed by atoms with Crippen molar-refractivity contribution in [2.75, 3.05) is 25.0 Å². The summed E-state index contributed by atoms with van der Waals surface area (Å²) in [6.07, 6.45) is 1.72. The first kappa shape index (κ1) is 19.4. The van der Waals surface area contributed by atoms with Gasteiger partial charge in [0.1, 0.15) is 10.6 Å². The summed E-state index contributed by atoms with van der Waals surface area (Å²) in [7, 11) is -3.62. The van der Waals surface area contributed by atoms with Crippen LogP contribution in [0.2, 0.25) is 0 Å². The van der Waals surface area contributed by atoms with E-state index >= 15 is 0 Å². The first-order valence-electron chi connectivity index (χ1n) is 8.97. The van der Waals surface area contributed by atoms with Crippen molar-refractivity contribution in [1.82, 2.24) is 4.31 Å². The molecular formula is C20H24N2O4S. The summed E-state index contributed by atoms with van der Waals surface area (Å²) >= 11 is 0. The molecule has 1 fully saturated rings. The zero-order valence-electron chi connectivity index (χ0n) is 15.6. The van der Waals surface area contributed by atoms with E-state index in [1.807, 2.05) is 32.0 Å². The van der Waals surface area contributed by atoms with E-state index in [1.54, 1.807) is 18.2 Å². The second kappa shape index (κ2) is 8.10. The molecule has 27 heavy (non-hydrogen) atoms. The molecule has 1 saturated heterocycles. The SMILES string of the molecule is Cc1cccc(C)c1OCC(=O)Nc1ccccc1S(=O)(=O)N1CCCC1. The van der Waals surface area contributed by atoms with Crippen LogP contribution in [0.5, 0.6) is 5.75 Å². The number of anilines is 1. The van der Waals surface area contributed by atoms with Gasteiger partial charge < -0.3 is 10.1 Å². The molecule has 2 aromatic carbocycles. The van der Waals surface area contributed by atoms with Crippen LogP contribution < -0.4 is 10.1 Å². The number of aryl methyl sites for hydroxylation is 2. The fourth-order valence-corrected chi connectivity index (χ4v) is 4.88. The van der Waals surface area contributed by atoms with Gasteiger partial charge in [-0.1, -0.05) is 30.3 Å². The maximum Gasteiger partial charge on any atom is 0.262 e. The second-order valence-corrected chi connectivity index (χ2v) is 8.57. The standard InChI is InChI=1S/C20H24N2O4S/c1-15-8-7-9-16(2)20(15)26-14-19(23)21-17-10-3-4-11-18(17)27(24,25)22-12-5-6-13-22/h3-4,7-11H,5-6,12-14H2,1-2H3,(H,21,23). The zero-order valence-corrected chi connectivity index (χ0v) is 16.4. The van der Waals surface area contributed by atoms with Gasteiger partial charge in [0.15, 0.2) is 6.61 Å². The molecular weight excluding hydrogens is 364 g/mol. The van der Waals surface area contributed by atoms with Gasteiger partial charge in [0, 0.05) is 13.1 Å². The number of sulfonamides is 1. The molecule has 0 radical (unpaired) electrons. The van der Waals surface area contributed by atoms with Crippen LogP contribution in [0.15, 0.2) is 47.4 Å². The topological polar surface area (TPSA) is 75.7 Å². The van der Waals surface area contributed by atoms with E-state index in [4.69, 9.17) is 4.74 Å². The first-order valence-corrected chi connectivity index (χ1v) is 10.4. The van der Waals surface area contributed by atoms with Crippen LogP contribution >= 0.6 is 0 Å². The number of hydrogen-bond donors (Lipinski definition) is 1. The van der Waals surface area contributed by atoms with Crippen LogP contribution in [0, 0.1) is 13.8 Å². The Morgan fingerprint density at radius 1 is 1.04 bits per heavy atom. The van der Waals surface area contributed by atoms with Crippen molar-refractivity contribution >= 4 is 21.6 Å². The largest absolute Gasteiger partial charge is 0.483 e. The molecule has 0 aliphatic carbocycles. The van der Waals surface area contributed by atoms with Crippen molar-refractivity contribution in [1.29, 1.82) is 0 Å². The van der Waals surface area contributed by atoms with Crippen LogP contribution in [-0.2, 0) is 14.8 Å². The number of nitrogens with zero attached hydrogens (tertiary/aromatic N) is 1. The Morgan fingerprint density at radius 2 is 1.67 bits per heavy atom. The van der Waals surface area contributed by atoms with Gasteiger partial charge in [0.25, 0.3) is 5.91 Å². The number of carbonyl (C=O) groups is 1. The highest BCUT2D eigenvalue weighted by molar-refractivity contribution is 7.89. The summed E-state index contributed by atoms with van der Waals surface area (Å²) in [6, 6.07) is 12.2. The average Bonchev–Trinajstić information content (AvgIpc) is 3.17. The van der Waals surface area contributed by atoms with Crippen molar-refractivity contribution in [2.45, 2.75) is 31.6 Å². The van der Waals surface area contributed by atoms with Gasteiger partial charge in [-0.3, -0.25) is 4.79 Å².